The Bertz CT molecular complexity index is 427. The number of Topliss-reactive ketones (excluding diaryl/α,β-unsaturated/α-hetero) is 1. The number of carbonyl (C=O) groups excluding carboxylic acids is 1. The number of carbonyl (C=O) groups is 1. The Kier molecular flexibility index (Phi) is 1.26. The summed E-state index contributed by atoms with van der Waals surface area (Å²) in [5, 5.41) is 0. The van der Waals surface area contributed by atoms with Crippen molar-refractivity contribution in [2.45, 2.75) is 19.3 Å². The summed E-state index contributed by atoms with van der Waals surface area (Å²) in [5.41, 5.74) is 5.40. The predicted molar refractivity (Wildman–Crippen MR) is 51.6 cm³/mol. The summed E-state index contributed by atoms with van der Waals surface area (Å²) in [6, 6.07) is 4.31. The highest BCUT2D eigenvalue weighted by molar-refractivity contribution is 5.87. The Morgan fingerprint density at radius 3 is 2.92 bits per heavy atom. The average molecular weight is 170 g/mol. The number of benzene rings is 1. The highest BCUT2D eigenvalue weighted by atomic mass is 16.1. The van der Waals surface area contributed by atoms with Crippen molar-refractivity contribution >= 4 is 11.9 Å². The van der Waals surface area contributed by atoms with Gasteiger partial charge in [-0.2, -0.15) is 0 Å². The zero-order chi connectivity index (χ0) is 8.84. The molecular formula is C12H10O. The van der Waals surface area contributed by atoms with Gasteiger partial charge in [0.25, 0.3) is 0 Å². The number of ketones is 1. The molecule has 0 N–H and O–H groups in total. The number of rotatable bonds is 0. The van der Waals surface area contributed by atoms with Gasteiger partial charge in [-0.1, -0.05) is 24.3 Å². The van der Waals surface area contributed by atoms with Crippen LogP contribution in [0, 0.1) is 0 Å². The second-order valence-electron chi connectivity index (χ2n) is 3.77. The summed E-state index contributed by atoms with van der Waals surface area (Å²) in [5.74, 6) is 0.343. The van der Waals surface area contributed by atoms with E-state index in [2.05, 4.69) is 18.2 Å². The molecule has 0 unspecified atom stereocenters. The van der Waals surface area contributed by atoms with Crippen molar-refractivity contribution in [2.75, 3.05) is 0 Å². The monoisotopic (exact) mass is 170 g/mol. The summed E-state index contributed by atoms with van der Waals surface area (Å²) in [6.45, 7) is 0. The van der Waals surface area contributed by atoms with Crippen molar-refractivity contribution in [1.29, 1.82) is 0 Å². The zero-order valence-corrected chi connectivity index (χ0v) is 7.34. The topological polar surface area (TPSA) is 17.1 Å². The summed E-state index contributed by atoms with van der Waals surface area (Å²) < 4.78 is 0. The maximum atomic E-state index is 11.4. The molecule has 0 radical (unpaired) electrons. The van der Waals surface area contributed by atoms with E-state index < -0.39 is 0 Å². The van der Waals surface area contributed by atoms with Crippen molar-refractivity contribution in [3.63, 3.8) is 0 Å². The van der Waals surface area contributed by atoms with E-state index in [1.54, 1.807) is 0 Å². The van der Waals surface area contributed by atoms with Gasteiger partial charge in [-0.15, -0.1) is 0 Å². The molecule has 0 fully saturated rings. The Morgan fingerprint density at radius 1 is 1.08 bits per heavy atom. The molecule has 0 saturated heterocycles. The van der Waals surface area contributed by atoms with Gasteiger partial charge in [0.1, 0.15) is 5.78 Å². The molecule has 0 saturated carbocycles. The van der Waals surface area contributed by atoms with Crippen LogP contribution in [0.4, 0.5) is 0 Å². The van der Waals surface area contributed by atoms with Crippen LogP contribution < -0.4 is 0 Å². The van der Waals surface area contributed by atoms with Gasteiger partial charge in [0.2, 0.25) is 0 Å². The standard InChI is InChI=1S/C12H10O/c13-10-3-1-2-8-4-5-9-6-11(9)12(8)7-10/h1-2,4-5H,3,6-7H2. The van der Waals surface area contributed by atoms with E-state index in [0.717, 1.165) is 6.42 Å². The van der Waals surface area contributed by atoms with Gasteiger partial charge in [0.15, 0.2) is 0 Å². The van der Waals surface area contributed by atoms with E-state index in [9.17, 15) is 4.79 Å². The number of allylic oxidation sites excluding steroid dienone is 1. The molecule has 13 heavy (non-hydrogen) atoms. The third-order valence-electron chi connectivity index (χ3n) is 2.82. The lowest BCUT2D eigenvalue weighted by atomic mass is 10.0. The molecule has 0 atom stereocenters. The first-order valence-corrected chi connectivity index (χ1v) is 4.66. The van der Waals surface area contributed by atoms with Crippen molar-refractivity contribution in [2.24, 2.45) is 0 Å². The van der Waals surface area contributed by atoms with Crippen LogP contribution in [0.2, 0.25) is 0 Å². The number of hydrogen-bond acceptors (Lipinski definition) is 1. The third-order valence-corrected chi connectivity index (χ3v) is 2.82. The van der Waals surface area contributed by atoms with Crippen molar-refractivity contribution in [1.82, 2.24) is 0 Å². The lowest BCUT2D eigenvalue weighted by molar-refractivity contribution is -0.117. The minimum atomic E-state index is 0.343. The van der Waals surface area contributed by atoms with E-state index in [1.807, 2.05) is 6.08 Å². The highest BCUT2D eigenvalue weighted by Crippen LogP contribution is 2.35. The van der Waals surface area contributed by atoms with Crippen LogP contribution in [-0.2, 0) is 17.6 Å². The molecule has 64 valence electrons. The minimum absolute atomic E-state index is 0.343. The van der Waals surface area contributed by atoms with Gasteiger partial charge in [-0.3, -0.25) is 4.79 Å². The Labute approximate surface area is 77.1 Å². The molecule has 0 bridgehead atoms. The second-order valence-corrected chi connectivity index (χ2v) is 3.77. The van der Waals surface area contributed by atoms with Crippen LogP contribution in [0.1, 0.15) is 28.7 Å². The van der Waals surface area contributed by atoms with Gasteiger partial charge in [0.05, 0.1) is 0 Å². The van der Waals surface area contributed by atoms with Crippen LogP contribution in [0.15, 0.2) is 18.2 Å². The molecule has 2 aliphatic carbocycles. The third kappa shape index (κ3) is 1.04. The van der Waals surface area contributed by atoms with Crippen LogP contribution in [0.25, 0.3) is 6.08 Å². The molecule has 0 amide bonds. The SMILES string of the molecule is O=C1CC=Cc2ccc3c(c2C1)C3. The first-order valence-electron chi connectivity index (χ1n) is 4.66. The first-order chi connectivity index (χ1) is 6.34. The smallest absolute Gasteiger partial charge is 0.141 e. The van der Waals surface area contributed by atoms with Gasteiger partial charge in [0, 0.05) is 12.8 Å². The molecule has 0 aromatic heterocycles. The first kappa shape index (κ1) is 7.07. The van der Waals surface area contributed by atoms with Crippen molar-refractivity contribution in [3.8, 4) is 0 Å². The molecule has 1 nitrogen and oxygen atoms in total. The summed E-state index contributed by atoms with van der Waals surface area (Å²) in [4.78, 5) is 11.4. The van der Waals surface area contributed by atoms with Crippen molar-refractivity contribution in [3.05, 3.63) is 40.5 Å². The van der Waals surface area contributed by atoms with Gasteiger partial charge in [-0.25, -0.2) is 0 Å². The van der Waals surface area contributed by atoms with Gasteiger partial charge in [-0.05, 0) is 28.7 Å². The Morgan fingerprint density at radius 2 is 2.00 bits per heavy atom. The van der Waals surface area contributed by atoms with Gasteiger partial charge >= 0.3 is 0 Å². The lowest BCUT2D eigenvalue weighted by Crippen LogP contribution is -2.00. The fourth-order valence-electron chi connectivity index (χ4n) is 2.02. The molecule has 0 aliphatic heterocycles. The molecule has 2 aliphatic rings. The molecule has 1 aromatic carbocycles. The van der Waals surface area contributed by atoms with E-state index in [0.29, 0.717) is 18.6 Å². The predicted octanol–water partition coefficient (Wildman–Crippen LogP) is 2.12. The zero-order valence-electron chi connectivity index (χ0n) is 7.34. The molecule has 1 heteroatoms. The average Bonchev–Trinajstić information content (AvgIpc) is 2.84. The summed E-state index contributed by atoms with van der Waals surface area (Å²) in [6.07, 6.45) is 6.41. The van der Waals surface area contributed by atoms with E-state index >= 15 is 0 Å². The number of hydrogen-bond donors (Lipinski definition) is 0. The second kappa shape index (κ2) is 2.32. The van der Waals surface area contributed by atoms with E-state index in [1.165, 1.54) is 22.3 Å². The quantitative estimate of drug-likeness (QED) is 0.592. The molecule has 0 heterocycles. The molecular weight excluding hydrogens is 160 g/mol. The summed E-state index contributed by atoms with van der Waals surface area (Å²) >= 11 is 0. The summed E-state index contributed by atoms with van der Waals surface area (Å²) in [7, 11) is 0. The molecule has 3 rings (SSSR count). The Hall–Kier alpha value is -1.37. The largest absolute Gasteiger partial charge is 0.299 e. The fourth-order valence-corrected chi connectivity index (χ4v) is 2.02. The van der Waals surface area contributed by atoms with Crippen LogP contribution in [-0.4, -0.2) is 5.78 Å². The van der Waals surface area contributed by atoms with Gasteiger partial charge < -0.3 is 0 Å². The van der Waals surface area contributed by atoms with Crippen LogP contribution >= 0.6 is 0 Å². The normalized spacial score (nSPS) is 17.7. The van der Waals surface area contributed by atoms with Crippen LogP contribution in [0.5, 0.6) is 0 Å². The van der Waals surface area contributed by atoms with Crippen LogP contribution in [0.3, 0.4) is 0 Å². The fraction of sp³-hybridized carbons (Fsp3) is 0.250. The molecule has 1 aromatic rings. The Balaban J connectivity index is 2.19. The van der Waals surface area contributed by atoms with E-state index in [4.69, 9.17) is 0 Å². The maximum Gasteiger partial charge on any atom is 0.141 e. The number of fused-ring (bicyclic) bond motifs is 3. The molecule has 0 spiro atoms. The minimum Gasteiger partial charge on any atom is -0.299 e. The maximum absolute atomic E-state index is 11.4. The van der Waals surface area contributed by atoms with E-state index in [-0.39, 0.29) is 0 Å². The highest BCUT2D eigenvalue weighted by Gasteiger charge is 2.24. The van der Waals surface area contributed by atoms with Crippen molar-refractivity contribution < 1.29 is 4.79 Å². The lowest BCUT2D eigenvalue weighted by Gasteiger charge is -2.00.